The molecule has 1 rings (SSSR count). The molecule has 0 aromatic rings. The predicted molar refractivity (Wildman–Crippen MR) is 74.5 cm³/mol. The molecular formula is C15H27LiO3-2. The van der Waals surface area contributed by atoms with Crippen molar-refractivity contribution in [2.75, 3.05) is 6.61 Å². The zero-order valence-electron chi connectivity index (χ0n) is 13.2. The molecule has 0 N–H and O–H groups in total. The average molecular weight is 262 g/mol. The van der Waals surface area contributed by atoms with Crippen molar-refractivity contribution in [1.82, 2.24) is 0 Å². The molecule has 19 heavy (non-hydrogen) atoms. The number of carbonyl (C=O) groups excluding carboxylic acids is 2. The van der Waals surface area contributed by atoms with E-state index in [-0.39, 0.29) is 38.2 Å². The quantitative estimate of drug-likeness (QED) is 0.422. The Labute approximate surface area is 131 Å². The van der Waals surface area contributed by atoms with Crippen LogP contribution in [0.25, 0.3) is 0 Å². The fourth-order valence-electron chi connectivity index (χ4n) is 1.94. The molecule has 0 spiro atoms. The number of carbonyl (C=O) groups is 1. The molecule has 0 aromatic carbocycles. The summed E-state index contributed by atoms with van der Waals surface area (Å²) < 4.78 is 4.88. The van der Waals surface area contributed by atoms with E-state index in [1.807, 2.05) is 33.5 Å². The molecule has 0 aromatic heterocycles. The van der Waals surface area contributed by atoms with Gasteiger partial charge in [-0.25, -0.2) is 0 Å². The smallest absolute Gasteiger partial charge is 0.542 e. The Hall–Kier alpha value is -0.263. The van der Waals surface area contributed by atoms with Crippen molar-refractivity contribution >= 4 is 12.3 Å². The van der Waals surface area contributed by atoms with E-state index in [9.17, 15) is 9.59 Å². The fraction of sp³-hybridized carbons (Fsp3) is 0.733. The van der Waals surface area contributed by atoms with Gasteiger partial charge in [-0.1, -0.05) is 25.7 Å². The Morgan fingerprint density at radius 1 is 1.26 bits per heavy atom. The van der Waals surface area contributed by atoms with Gasteiger partial charge in [0.1, 0.15) is 0 Å². The standard InChI is InChI=1S/C11H17O3.C3H7.CH3.Li/c1-2-14-11(13)7-9-3-5-10(8-12)6-4-9;1-3-2;;/h9-10H,2-7H2,1H3;3H,1-2H3;1H3;/q3*-1;+1. The third kappa shape index (κ3) is 12.5. The maximum atomic E-state index is 11.2. The van der Waals surface area contributed by atoms with Crippen molar-refractivity contribution in [1.29, 1.82) is 0 Å². The normalized spacial score (nSPS) is 20.8. The molecule has 0 heterocycles. The monoisotopic (exact) mass is 262 g/mol. The summed E-state index contributed by atoms with van der Waals surface area (Å²) in [7, 11) is 0. The second-order valence-corrected chi connectivity index (χ2v) is 4.42. The van der Waals surface area contributed by atoms with Crippen LogP contribution in [0, 0.1) is 25.7 Å². The molecule has 1 saturated carbocycles. The first-order valence-electron chi connectivity index (χ1n) is 6.45. The van der Waals surface area contributed by atoms with E-state index in [0.717, 1.165) is 25.7 Å². The number of hydrogen-bond donors (Lipinski definition) is 0. The van der Waals surface area contributed by atoms with Crippen molar-refractivity contribution in [3.05, 3.63) is 13.8 Å². The van der Waals surface area contributed by atoms with E-state index in [2.05, 4.69) is 0 Å². The van der Waals surface area contributed by atoms with Crippen LogP contribution in [0.3, 0.4) is 0 Å². The summed E-state index contributed by atoms with van der Waals surface area (Å²) in [5.41, 5.74) is 0. The predicted octanol–water partition coefficient (Wildman–Crippen LogP) is 0.540. The SMILES string of the molecule is CCOC(=O)CC1CCC([C-]=O)CC1.C[CH-]C.[CH3-].[Li+]. The number of hydrogen-bond acceptors (Lipinski definition) is 3. The molecule has 1 aliphatic rings. The van der Waals surface area contributed by atoms with E-state index >= 15 is 0 Å². The number of ether oxygens (including phenoxy) is 1. The summed E-state index contributed by atoms with van der Waals surface area (Å²) in [5.74, 6) is 0.415. The van der Waals surface area contributed by atoms with Gasteiger partial charge in [-0.2, -0.15) is 13.8 Å². The summed E-state index contributed by atoms with van der Waals surface area (Å²) >= 11 is 0. The van der Waals surface area contributed by atoms with Gasteiger partial charge in [-0.15, -0.1) is 5.92 Å². The molecule has 3 nitrogen and oxygen atoms in total. The first kappa shape index (κ1) is 23.8. The first-order valence-corrected chi connectivity index (χ1v) is 6.45. The van der Waals surface area contributed by atoms with E-state index in [1.165, 1.54) is 0 Å². The van der Waals surface area contributed by atoms with Crippen LogP contribution >= 0.6 is 0 Å². The van der Waals surface area contributed by atoms with E-state index in [1.54, 1.807) is 0 Å². The van der Waals surface area contributed by atoms with Crippen LogP contribution in [0.5, 0.6) is 0 Å². The van der Waals surface area contributed by atoms with Crippen molar-refractivity contribution < 1.29 is 33.2 Å². The van der Waals surface area contributed by atoms with Gasteiger partial charge in [0.05, 0.1) is 6.61 Å². The topological polar surface area (TPSA) is 43.4 Å². The van der Waals surface area contributed by atoms with Crippen LogP contribution < -0.4 is 18.9 Å². The molecule has 0 radical (unpaired) electrons. The van der Waals surface area contributed by atoms with Crippen LogP contribution in [-0.2, 0) is 14.3 Å². The zero-order chi connectivity index (χ0) is 13.1. The minimum atomic E-state index is -0.106. The second-order valence-electron chi connectivity index (χ2n) is 4.42. The molecule has 0 aliphatic heterocycles. The summed E-state index contributed by atoms with van der Waals surface area (Å²) in [6, 6.07) is 0. The van der Waals surface area contributed by atoms with Crippen molar-refractivity contribution in [2.45, 2.75) is 52.9 Å². The average Bonchev–Trinajstić information content (AvgIpc) is 2.31. The van der Waals surface area contributed by atoms with Crippen LogP contribution in [0.4, 0.5) is 0 Å². The van der Waals surface area contributed by atoms with Gasteiger partial charge in [-0.05, 0) is 12.8 Å². The molecule has 4 heteroatoms. The van der Waals surface area contributed by atoms with Crippen LogP contribution in [0.2, 0.25) is 0 Å². The summed E-state index contributed by atoms with van der Waals surface area (Å²) in [4.78, 5) is 21.5. The van der Waals surface area contributed by atoms with Gasteiger partial charge in [-0.3, -0.25) is 11.1 Å². The molecule has 1 aliphatic carbocycles. The maximum absolute atomic E-state index is 11.2. The maximum Gasteiger partial charge on any atom is 1.00 e. The van der Waals surface area contributed by atoms with E-state index < -0.39 is 0 Å². The number of esters is 1. The fourth-order valence-corrected chi connectivity index (χ4v) is 1.94. The van der Waals surface area contributed by atoms with Crippen LogP contribution in [0.1, 0.15) is 52.9 Å². The Morgan fingerprint density at radius 3 is 2.11 bits per heavy atom. The first-order chi connectivity index (χ1) is 8.17. The van der Waals surface area contributed by atoms with Crippen molar-refractivity contribution in [3.63, 3.8) is 0 Å². The Bertz CT molecular complexity index is 211. The summed E-state index contributed by atoms with van der Waals surface area (Å²) in [6.45, 7) is 6.27. The van der Waals surface area contributed by atoms with Gasteiger partial charge < -0.3 is 23.4 Å². The summed E-state index contributed by atoms with van der Waals surface area (Å²) in [6.07, 6.45) is 8.23. The molecule has 1 fully saturated rings. The van der Waals surface area contributed by atoms with Crippen molar-refractivity contribution in [3.8, 4) is 0 Å². The third-order valence-corrected chi connectivity index (χ3v) is 2.77. The molecule has 0 unspecified atom stereocenters. The number of rotatable bonds is 4. The molecule has 0 bridgehead atoms. The Kier molecular flexibility index (Phi) is 19.8. The minimum absolute atomic E-state index is 0. The minimum Gasteiger partial charge on any atom is -0.542 e. The van der Waals surface area contributed by atoms with Gasteiger partial charge in [0.2, 0.25) is 0 Å². The molecule has 0 saturated heterocycles. The second kappa shape index (κ2) is 15.8. The van der Waals surface area contributed by atoms with Gasteiger partial charge >= 0.3 is 24.8 Å². The Morgan fingerprint density at radius 2 is 1.74 bits per heavy atom. The molecule has 0 atom stereocenters. The third-order valence-electron chi connectivity index (χ3n) is 2.77. The van der Waals surface area contributed by atoms with Gasteiger partial charge in [0.15, 0.2) is 0 Å². The Balaban J connectivity index is -0.000000468. The van der Waals surface area contributed by atoms with Crippen LogP contribution in [-0.4, -0.2) is 18.9 Å². The van der Waals surface area contributed by atoms with E-state index in [4.69, 9.17) is 4.74 Å². The summed E-state index contributed by atoms with van der Waals surface area (Å²) in [5, 5.41) is 0. The van der Waals surface area contributed by atoms with Gasteiger partial charge in [0, 0.05) is 6.42 Å². The van der Waals surface area contributed by atoms with Crippen LogP contribution in [0.15, 0.2) is 0 Å². The van der Waals surface area contributed by atoms with Gasteiger partial charge in [0.25, 0.3) is 0 Å². The molecular weight excluding hydrogens is 235 g/mol. The van der Waals surface area contributed by atoms with Crippen molar-refractivity contribution in [2.24, 2.45) is 11.8 Å². The zero-order valence-corrected chi connectivity index (χ0v) is 13.2. The molecule has 108 valence electrons. The molecule has 0 amide bonds. The van der Waals surface area contributed by atoms with E-state index in [0.29, 0.717) is 18.9 Å². The largest absolute Gasteiger partial charge is 1.00 e.